The molecule has 0 unspecified atom stereocenters. The predicted octanol–water partition coefficient (Wildman–Crippen LogP) is 3.47. The molecule has 3 aromatic rings. The molecule has 0 spiro atoms. The smallest absolute Gasteiger partial charge is 0.263 e. The number of nitrogens with one attached hydrogen (secondary N) is 1. The Balaban J connectivity index is 1.81. The van der Waals surface area contributed by atoms with Crippen LogP contribution in [0.15, 0.2) is 65.8 Å². The number of benzene rings is 2. The van der Waals surface area contributed by atoms with E-state index in [0.717, 1.165) is 16.7 Å². The van der Waals surface area contributed by atoms with E-state index in [1.54, 1.807) is 24.3 Å². The summed E-state index contributed by atoms with van der Waals surface area (Å²) in [5.41, 5.74) is 3.05. The number of nitrogens with zero attached hydrogens (tertiary/aromatic N) is 2. The molecule has 3 rings (SSSR count). The van der Waals surface area contributed by atoms with Crippen LogP contribution in [0.1, 0.15) is 16.7 Å². The number of anilines is 1. The van der Waals surface area contributed by atoms with Crippen LogP contribution >= 0.6 is 0 Å². The van der Waals surface area contributed by atoms with Crippen molar-refractivity contribution in [3.05, 3.63) is 77.6 Å². The highest BCUT2D eigenvalue weighted by molar-refractivity contribution is 7.92. The van der Waals surface area contributed by atoms with E-state index in [-0.39, 0.29) is 23.2 Å². The second kappa shape index (κ2) is 7.53. The Kier molecular flexibility index (Phi) is 5.18. The Morgan fingerprint density at radius 2 is 1.65 bits per heavy atom. The molecule has 0 fully saturated rings. The van der Waals surface area contributed by atoms with Gasteiger partial charge in [-0.1, -0.05) is 42.0 Å². The molecule has 26 heavy (non-hydrogen) atoms. The van der Waals surface area contributed by atoms with Gasteiger partial charge >= 0.3 is 0 Å². The van der Waals surface area contributed by atoms with Gasteiger partial charge in [0.1, 0.15) is 6.61 Å². The van der Waals surface area contributed by atoms with Crippen LogP contribution in [-0.2, 0) is 16.6 Å². The molecule has 0 amide bonds. The molecule has 0 aliphatic carbocycles. The lowest BCUT2D eigenvalue weighted by molar-refractivity contribution is 0.294. The van der Waals surface area contributed by atoms with E-state index in [9.17, 15) is 8.42 Å². The third kappa shape index (κ3) is 4.18. The van der Waals surface area contributed by atoms with Gasteiger partial charge in [0, 0.05) is 12.4 Å². The molecule has 1 aromatic heterocycles. The molecule has 0 bridgehead atoms. The second-order valence-electron chi connectivity index (χ2n) is 5.84. The van der Waals surface area contributed by atoms with Crippen LogP contribution in [0.5, 0.6) is 5.88 Å². The first kappa shape index (κ1) is 17.9. The standard InChI is InChI=1S/C19H19N3O3S/c1-14-7-9-17(10-8-14)26(23,24)22-18-19(21-12-11-20-18)25-13-16-6-4-3-5-15(16)2/h3-12H,13H2,1-2H3,(H,20,22). The van der Waals surface area contributed by atoms with Gasteiger partial charge in [-0.05, 0) is 37.1 Å². The van der Waals surface area contributed by atoms with Crippen LogP contribution in [0.3, 0.4) is 0 Å². The SMILES string of the molecule is Cc1ccc(S(=O)(=O)Nc2nccnc2OCc2ccccc2C)cc1. The lowest BCUT2D eigenvalue weighted by atomic mass is 10.1. The number of sulfonamides is 1. The Labute approximate surface area is 153 Å². The average molecular weight is 369 g/mol. The van der Waals surface area contributed by atoms with Crippen molar-refractivity contribution >= 4 is 15.8 Å². The Morgan fingerprint density at radius 3 is 2.38 bits per heavy atom. The van der Waals surface area contributed by atoms with Crippen molar-refractivity contribution in [2.45, 2.75) is 25.3 Å². The van der Waals surface area contributed by atoms with E-state index in [2.05, 4.69) is 14.7 Å². The van der Waals surface area contributed by atoms with Crippen LogP contribution in [-0.4, -0.2) is 18.4 Å². The molecule has 1 N–H and O–H groups in total. The monoisotopic (exact) mass is 369 g/mol. The first-order valence-electron chi connectivity index (χ1n) is 8.03. The zero-order chi connectivity index (χ0) is 18.6. The minimum atomic E-state index is -3.78. The zero-order valence-corrected chi connectivity index (χ0v) is 15.3. The van der Waals surface area contributed by atoms with Gasteiger partial charge in [0.15, 0.2) is 0 Å². The summed E-state index contributed by atoms with van der Waals surface area (Å²) in [6.07, 6.45) is 2.87. The van der Waals surface area contributed by atoms with E-state index in [1.807, 2.05) is 38.1 Å². The van der Waals surface area contributed by atoms with Crippen molar-refractivity contribution in [3.63, 3.8) is 0 Å². The van der Waals surface area contributed by atoms with E-state index >= 15 is 0 Å². The third-order valence-electron chi connectivity index (χ3n) is 3.85. The lowest BCUT2D eigenvalue weighted by Crippen LogP contribution is -2.15. The van der Waals surface area contributed by atoms with Gasteiger partial charge in [0.25, 0.3) is 15.9 Å². The van der Waals surface area contributed by atoms with Crippen molar-refractivity contribution in [1.82, 2.24) is 9.97 Å². The van der Waals surface area contributed by atoms with Crippen LogP contribution < -0.4 is 9.46 Å². The van der Waals surface area contributed by atoms with Gasteiger partial charge in [-0.25, -0.2) is 18.4 Å². The van der Waals surface area contributed by atoms with E-state index in [1.165, 1.54) is 12.4 Å². The molecule has 0 aliphatic rings. The summed E-state index contributed by atoms with van der Waals surface area (Å²) in [5, 5.41) is 0. The zero-order valence-electron chi connectivity index (χ0n) is 14.5. The molecule has 0 radical (unpaired) electrons. The number of hydrogen-bond donors (Lipinski definition) is 1. The fraction of sp³-hybridized carbons (Fsp3) is 0.158. The second-order valence-corrected chi connectivity index (χ2v) is 7.53. The highest BCUT2D eigenvalue weighted by atomic mass is 32.2. The number of ether oxygens (including phenoxy) is 1. The van der Waals surface area contributed by atoms with E-state index < -0.39 is 10.0 Å². The van der Waals surface area contributed by atoms with Crippen LogP contribution in [0.25, 0.3) is 0 Å². The fourth-order valence-corrected chi connectivity index (χ4v) is 3.33. The van der Waals surface area contributed by atoms with E-state index in [0.29, 0.717) is 0 Å². The molecule has 7 heteroatoms. The Bertz CT molecular complexity index is 1000. The summed E-state index contributed by atoms with van der Waals surface area (Å²) in [6, 6.07) is 14.4. The minimum absolute atomic E-state index is 0.0571. The predicted molar refractivity (Wildman–Crippen MR) is 99.5 cm³/mol. The summed E-state index contributed by atoms with van der Waals surface area (Å²) in [6.45, 7) is 4.14. The van der Waals surface area contributed by atoms with Gasteiger partial charge in [0.05, 0.1) is 4.90 Å². The van der Waals surface area contributed by atoms with Gasteiger partial charge in [-0.15, -0.1) is 0 Å². The highest BCUT2D eigenvalue weighted by Crippen LogP contribution is 2.23. The van der Waals surface area contributed by atoms with Gasteiger partial charge in [-0.3, -0.25) is 4.72 Å². The number of aromatic nitrogens is 2. The van der Waals surface area contributed by atoms with Crippen molar-refractivity contribution < 1.29 is 13.2 Å². The maximum absolute atomic E-state index is 12.6. The lowest BCUT2D eigenvalue weighted by Gasteiger charge is -2.12. The molecular weight excluding hydrogens is 350 g/mol. The molecule has 2 aromatic carbocycles. The summed E-state index contributed by atoms with van der Waals surface area (Å²) in [5.74, 6) is 0.188. The van der Waals surface area contributed by atoms with E-state index in [4.69, 9.17) is 4.74 Å². The van der Waals surface area contributed by atoms with Crippen LogP contribution in [0, 0.1) is 13.8 Å². The first-order chi connectivity index (χ1) is 12.5. The molecule has 0 saturated heterocycles. The topological polar surface area (TPSA) is 81.2 Å². The van der Waals surface area contributed by atoms with Gasteiger partial charge in [-0.2, -0.15) is 0 Å². The van der Waals surface area contributed by atoms with Crippen molar-refractivity contribution in [1.29, 1.82) is 0 Å². The quantitative estimate of drug-likeness (QED) is 0.719. The molecular formula is C19H19N3O3S. The molecule has 1 heterocycles. The Hall–Kier alpha value is -2.93. The number of aryl methyl sites for hydroxylation is 2. The fourth-order valence-electron chi connectivity index (χ4n) is 2.32. The van der Waals surface area contributed by atoms with Gasteiger partial charge < -0.3 is 4.74 Å². The van der Waals surface area contributed by atoms with Gasteiger partial charge in [0.2, 0.25) is 5.82 Å². The number of hydrogen-bond acceptors (Lipinski definition) is 5. The highest BCUT2D eigenvalue weighted by Gasteiger charge is 2.18. The third-order valence-corrected chi connectivity index (χ3v) is 5.21. The number of rotatable bonds is 6. The molecule has 0 saturated carbocycles. The maximum Gasteiger partial charge on any atom is 0.263 e. The van der Waals surface area contributed by atoms with Crippen LogP contribution in [0.2, 0.25) is 0 Å². The Morgan fingerprint density at radius 1 is 0.962 bits per heavy atom. The average Bonchev–Trinajstić information content (AvgIpc) is 2.62. The molecule has 0 aliphatic heterocycles. The summed E-state index contributed by atoms with van der Waals surface area (Å²) in [7, 11) is -3.78. The maximum atomic E-state index is 12.6. The summed E-state index contributed by atoms with van der Waals surface area (Å²) in [4.78, 5) is 8.32. The van der Waals surface area contributed by atoms with Crippen molar-refractivity contribution in [2.75, 3.05) is 4.72 Å². The largest absolute Gasteiger partial charge is 0.470 e. The van der Waals surface area contributed by atoms with Crippen molar-refractivity contribution in [2.24, 2.45) is 0 Å². The first-order valence-corrected chi connectivity index (χ1v) is 9.52. The molecule has 134 valence electrons. The minimum Gasteiger partial charge on any atom is -0.470 e. The molecule has 0 atom stereocenters. The summed E-state index contributed by atoms with van der Waals surface area (Å²) >= 11 is 0. The molecule has 6 nitrogen and oxygen atoms in total. The van der Waals surface area contributed by atoms with Crippen LogP contribution in [0.4, 0.5) is 5.82 Å². The summed E-state index contributed by atoms with van der Waals surface area (Å²) < 4.78 is 33.3. The normalized spacial score (nSPS) is 11.2. The van der Waals surface area contributed by atoms with Crippen molar-refractivity contribution in [3.8, 4) is 5.88 Å².